The molecule has 0 N–H and O–H groups in total. The molecule has 74 valence electrons. The van der Waals surface area contributed by atoms with E-state index >= 15 is 0 Å². The number of halogens is 1. The number of hydrogen-bond acceptors (Lipinski definition) is 2. The third-order valence-electron chi connectivity index (χ3n) is 2.18. The van der Waals surface area contributed by atoms with Gasteiger partial charge in [0.05, 0.1) is 5.57 Å². The van der Waals surface area contributed by atoms with Crippen LogP contribution in [0.2, 0.25) is 0 Å². The highest BCUT2D eigenvalue weighted by Crippen LogP contribution is 2.37. The normalized spacial score (nSPS) is 23.5. The zero-order valence-electron chi connectivity index (χ0n) is 8.32. The predicted octanol–water partition coefficient (Wildman–Crippen LogP) is 3.00. The Morgan fingerprint density at radius 3 is 2.54 bits per heavy atom. The van der Waals surface area contributed by atoms with E-state index in [0.29, 0.717) is 10.6 Å². The number of allylic oxidation sites excluding steroid dienone is 1. The Kier molecular flexibility index (Phi) is 3.01. The number of carbonyl (C=O) groups excluding carboxylic acids is 1. The molecule has 0 amide bonds. The van der Waals surface area contributed by atoms with Crippen LogP contribution >= 0.6 is 11.6 Å². The minimum absolute atomic E-state index is 0.258. The van der Waals surface area contributed by atoms with Crippen LogP contribution in [-0.2, 0) is 9.53 Å². The molecule has 0 saturated carbocycles. The summed E-state index contributed by atoms with van der Waals surface area (Å²) in [5.74, 6) is -0.258. The number of hydrogen-bond donors (Lipinski definition) is 0. The average Bonchev–Trinajstić information content (AvgIpc) is 1.98. The molecular weight excluding hydrogens is 188 g/mol. The summed E-state index contributed by atoms with van der Waals surface area (Å²) < 4.78 is 4.96. The van der Waals surface area contributed by atoms with E-state index in [1.54, 1.807) is 0 Å². The number of esters is 1. The van der Waals surface area contributed by atoms with E-state index < -0.39 is 5.60 Å². The molecule has 0 aliphatic carbocycles. The monoisotopic (exact) mass is 202 g/mol. The summed E-state index contributed by atoms with van der Waals surface area (Å²) in [6.45, 7) is 5.81. The van der Waals surface area contributed by atoms with Gasteiger partial charge in [-0.2, -0.15) is 0 Å². The maximum atomic E-state index is 11.1. The van der Waals surface area contributed by atoms with E-state index in [4.69, 9.17) is 16.3 Å². The van der Waals surface area contributed by atoms with Crippen LogP contribution in [0.4, 0.5) is 0 Å². The molecule has 0 aromatic carbocycles. The first-order valence-electron chi connectivity index (χ1n) is 4.61. The second-order valence-electron chi connectivity index (χ2n) is 3.78. The zero-order valence-corrected chi connectivity index (χ0v) is 9.07. The van der Waals surface area contributed by atoms with Gasteiger partial charge >= 0.3 is 5.97 Å². The van der Waals surface area contributed by atoms with Crippen molar-refractivity contribution in [3.8, 4) is 0 Å². The van der Waals surface area contributed by atoms with Crippen molar-refractivity contribution < 1.29 is 9.53 Å². The molecular formula is C10H15ClO2. The number of unbranched alkanes of at least 4 members (excludes halogenated alkanes) is 1. The zero-order chi connectivity index (χ0) is 10.1. The fourth-order valence-corrected chi connectivity index (χ4v) is 1.87. The van der Waals surface area contributed by atoms with Crippen LogP contribution in [0, 0.1) is 0 Å². The predicted molar refractivity (Wildman–Crippen MR) is 52.6 cm³/mol. The second kappa shape index (κ2) is 3.70. The van der Waals surface area contributed by atoms with E-state index in [9.17, 15) is 4.79 Å². The first kappa shape index (κ1) is 10.6. The van der Waals surface area contributed by atoms with Crippen molar-refractivity contribution in [2.24, 2.45) is 0 Å². The number of cyclic esters (lactones) is 1. The van der Waals surface area contributed by atoms with Gasteiger partial charge in [0.25, 0.3) is 0 Å². The molecule has 0 bridgehead atoms. The number of ether oxygens (including phenoxy) is 1. The summed E-state index contributed by atoms with van der Waals surface area (Å²) in [5, 5.41) is 0.670. The third-order valence-corrected chi connectivity index (χ3v) is 2.55. The van der Waals surface area contributed by atoms with Crippen molar-refractivity contribution in [3.05, 3.63) is 10.6 Å². The quantitative estimate of drug-likeness (QED) is 0.520. The van der Waals surface area contributed by atoms with Crippen molar-refractivity contribution in [2.45, 2.75) is 45.6 Å². The van der Waals surface area contributed by atoms with Crippen LogP contribution < -0.4 is 0 Å². The molecule has 0 spiro atoms. The minimum Gasteiger partial charge on any atom is -0.451 e. The fraction of sp³-hybridized carbons (Fsp3) is 0.700. The smallest absolute Gasteiger partial charge is 0.340 e. The van der Waals surface area contributed by atoms with Crippen LogP contribution in [-0.4, -0.2) is 11.6 Å². The van der Waals surface area contributed by atoms with Crippen molar-refractivity contribution in [1.29, 1.82) is 0 Å². The Hall–Kier alpha value is -0.500. The number of rotatable bonds is 3. The van der Waals surface area contributed by atoms with Crippen LogP contribution in [0.1, 0.15) is 40.0 Å². The highest BCUT2D eigenvalue weighted by atomic mass is 35.5. The molecule has 1 fully saturated rings. The summed E-state index contributed by atoms with van der Waals surface area (Å²) in [4.78, 5) is 11.1. The Labute approximate surface area is 83.9 Å². The topological polar surface area (TPSA) is 26.3 Å². The van der Waals surface area contributed by atoms with Gasteiger partial charge in [0.15, 0.2) is 0 Å². The van der Waals surface area contributed by atoms with Gasteiger partial charge in [0, 0.05) is 5.03 Å². The summed E-state index contributed by atoms with van der Waals surface area (Å²) >= 11 is 6.02. The maximum absolute atomic E-state index is 11.1. The molecule has 1 aliphatic rings. The summed E-state index contributed by atoms with van der Waals surface area (Å²) in [6, 6.07) is 0. The molecule has 3 heteroatoms. The molecule has 1 heterocycles. The van der Waals surface area contributed by atoms with Crippen LogP contribution in [0.15, 0.2) is 10.6 Å². The van der Waals surface area contributed by atoms with E-state index in [2.05, 4.69) is 6.92 Å². The van der Waals surface area contributed by atoms with Gasteiger partial charge in [-0.05, 0) is 26.7 Å². The van der Waals surface area contributed by atoms with Gasteiger partial charge < -0.3 is 4.74 Å². The standard InChI is InChI=1S/C10H15ClO2/c1-4-5-6-7(11)8-9(12)13-10(8,2)3/h4-6H2,1-3H3/b8-7+. The van der Waals surface area contributed by atoms with Crippen molar-refractivity contribution in [2.75, 3.05) is 0 Å². The van der Waals surface area contributed by atoms with Crippen molar-refractivity contribution in [1.82, 2.24) is 0 Å². The molecule has 0 unspecified atom stereocenters. The lowest BCUT2D eigenvalue weighted by Crippen LogP contribution is -2.46. The minimum atomic E-state index is -0.470. The first-order chi connectivity index (χ1) is 5.99. The van der Waals surface area contributed by atoms with Crippen molar-refractivity contribution in [3.63, 3.8) is 0 Å². The van der Waals surface area contributed by atoms with E-state index in [0.717, 1.165) is 19.3 Å². The molecule has 0 aromatic rings. The second-order valence-corrected chi connectivity index (χ2v) is 4.24. The SMILES string of the molecule is CCCC/C(Cl)=C1/C(=O)OC1(C)C. The highest BCUT2D eigenvalue weighted by Gasteiger charge is 2.45. The molecule has 1 aliphatic heterocycles. The third kappa shape index (κ3) is 2.05. The van der Waals surface area contributed by atoms with Gasteiger partial charge in [-0.1, -0.05) is 24.9 Å². The van der Waals surface area contributed by atoms with Gasteiger partial charge in [-0.3, -0.25) is 0 Å². The highest BCUT2D eigenvalue weighted by molar-refractivity contribution is 6.32. The maximum Gasteiger partial charge on any atom is 0.340 e. The molecule has 0 aromatic heterocycles. The van der Waals surface area contributed by atoms with Gasteiger partial charge in [-0.25, -0.2) is 4.79 Å². The lowest BCUT2D eigenvalue weighted by molar-refractivity contribution is -0.166. The lowest BCUT2D eigenvalue weighted by Gasteiger charge is -2.37. The molecule has 2 nitrogen and oxygen atoms in total. The van der Waals surface area contributed by atoms with Gasteiger partial charge in [0.1, 0.15) is 5.60 Å². The average molecular weight is 203 g/mol. The van der Waals surface area contributed by atoms with E-state index in [1.807, 2.05) is 13.8 Å². The largest absolute Gasteiger partial charge is 0.451 e. The number of carbonyl (C=O) groups is 1. The van der Waals surface area contributed by atoms with E-state index in [1.165, 1.54) is 0 Å². The van der Waals surface area contributed by atoms with Crippen molar-refractivity contribution >= 4 is 17.6 Å². The molecule has 1 saturated heterocycles. The summed E-state index contributed by atoms with van der Waals surface area (Å²) in [5.41, 5.74) is 0.185. The summed E-state index contributed by atoms with van der Waals surface area (Å²) in [6.07, 6.45) is 2.89. The molecule has 0 atom stereocenters. The Morgan fingerprint density at radius 1 is 1.54 bits per heavy atom. The molecule has 1 rings (SSSR count). The Balaban J connectivity index is 2.72. The van der Waals surface area contributed by atoms with Crippen LogP contribution in [0.3, 0.4) is 0 Å². The Bertz CT molecular complexity index is 254. The first-order valence-corrected chi connectivity index (χ1v) is 4.99. The molecule has 0 radical (unpaired) electrons. The Morgan fingerprint density at radius 2 is 2.15 bits per heavy atom. The fourth-order valence-electron chi connectivity index (χ4n) is 1.43. The molecule has 13 heavy (non-hydrogen) atoms. The van der Waals surface area contributed by atoms with E-state index in [-0.39, 0.29) is 5.97 Å². The van der Waals surface area contributed by atoms with Crippen LogP contribution in [0.25, 0.3) is 0 Å². The van der Waals surface area contributed by atoms with Gasteiger partial charge in [-0.15, -0.1) is 0 Å². The summed E-state index contributed by atoms with van der Waals surface area (Å²) in [7, 11) is 0. The van der Waals surface area contributed by atoms with Crippen LogP contribution in [0.5, 0.6) is 0 Å². The van der Waals surface area contributed by atoms with Gasteiger partial charge in [0.2, 0.25) is 0 Å². The lowest BCUT2D eigenvalue weighted by atomic mass is 9.90.